The predicted octanol–water partition coefficient (Wildman–Crippen LogP) is 6.03. The number of aromatic nitrogens is 1. The molecule has 0 atom stereocenters. The van der Waals surface area contributed by atoms with Crippen LogP contribution in [0.2, 0.25) is 5.02 Å². The maximum Gasteiger partial charge on any atom is 0.213 e. The molecule has 164 valence electrons. The van der Waals surface area contributed by atoms with Crippen LogP contribution in [-0.2, 0) is 13.2 Å². The number of hydrogen-bond donors (Lipinski definition) is 1. The molecule has 1 heterocycles. The maximum absolute atomic E-state index is 6.23. The van der Waals surface area contributed by atoms with E-state index < -0.39 is 0 Å². The van der Waals surface area contributed by atoms with Crippen molar-refractivity contribution in [2.75, 3.05) is 19.8 Å². The summed E-state index contributed by atoms with van der Waals surface area (Å²) in [4.78, 5) is 4.15. The Labute approximate surface area is 196 Å². The highest BCUT2D eigenvalue weighted by Crippen LogP contribution is 2.34. The van der Waals surface area contributed by atoms with Gasteiger partial charge in [0.2, 0.25) is 5.88 Å². The van der Waals surface area contributed by atoms with Gasteiger partial charge in [-0.3, -0.25) is 0 Å². The summed E-state index contributed by atoms with van der Waals surface area (Å²) < 4.78 is 18.4. The molecule has 3 rings (SSSR count). The van der Waals surface area contributed by atoms with Gasteiger partial charge >= 0.3 is 0 Å². The molecule has 31 heavy (non-hydrogen) atoms. The molecular weight excluding hydrogens is 480 g/mol. The number of benzene rings is 2. The van der Waals surface area contributed by atoms with Crippen LogP contribution < -0.4 is 19.5 Å². The monoisotopic (exact) mass is 504 g/mol. The van der Waals surface area contributed by atoms with Crippen molar-refractivity contribution < 1.29 is 14.2 Å². The Balaban J connectivity index is 1.52. The molecule has 5 nitrogen and oxygen atoms in total. The largest absolute Gasteiger partial charge is 0.490 e. The first-order chi connectivity index (χ1) is 15.2. The normalized spacial score (nSPS) is 10.7. The van der Waals surface area contributed by atoms with Gasteiger partial charge < -0.3 is 19.5 Å². The van der Waals surface area contributed by atoms with Crippen molar-refractivity contribution in [3.8, 4) is 17.4 Å². The Morgan fingerprint density at radius 3 is 2.55 bits per heavy atom. The lowest BCUT2D eigenvalue weighted by atomic mass is 10.2. The van der Waals surface area contributed by atoms with Gasteiger partial charge in [0.1, 0.15) is 6.61 Å². The highest BCUT2D eigenvalue weighted by molar-refractivity contribution is 9.10. The maximum atomic E-state index is 6.23. The van der Waals surface area contributed by atoms with E-state index in [1.54, 1.807) is 6.20 Å². The van der Waals surface area contributed by atoms with Gasteiger partial charge in [0.25, 0.3) is 0 Å². The number of nitrogens with one attached hydrogen (secondary N) is 1. The molecule has 0 fully saturated rings. The lowest BCUT2D eigenvalue weighted by molar-refractivity contribution is 0.269. The van der Waals surface area contributed by atoms with Gasteiger partial charge in [0.05, 0.1) is 13.2 Å². The van der Waals surface area contributed by atoms with Gasteiger partial charge in [0, 0.05) is 33.9 Å². The van der Waals surface area contributed by atoms with E-state index in [4.69, 9.17) is 25.8 Å². The van der Waals surface area contributed by atoms with Crippen LogP contribution >= 0.6 is 27.5 Å². The molecule has 0 saturated carbocycles. The SMILES string of the molecule is CCOc1cc(CNCCCOc2ccccn2)c(Br)cc1OCc1ccccc1Cl. The number of halogens is 2. The van der Waals surface area contributed by atoms with Crippen LogP contribution in [0.15, 0.2) is 65.3 Å². The molecule has 0 amide bonds. The third kappa shape index (κ3) is 7.42. The summed E-state index contributed by atoms with van der Waals surface area (Å²) in [6.07, 6.45) is 2.61. The minimum absolute atomic E-state index is 0.375. The molecule has 0 aliphatic heterocycles. The molecule has 1 N–H and O–H groups in total. The molecule has 0 spiro atoms. The molecule has 0 unspecified atom stereocenters. The number of nitrogens with zero attached hydrogens (tertiary/aromatic N) is 1. The molecule has 7 heteroatoms. The van der Waals surface area contributed by atoms with Gasteiger partial charge in [-0.2, -0.15) is 0 Å². The van der Waals surface area contributed by atoms with Crippen LogP contribution in [-0.4, -0.2) is 24.7 Å². The van der Waals surface area contributed by atoms with E-state index in [9.17, 15) is 0 Å². The van der Waals surface area contributed by atoms with E-state index in [-0.39, 0.29) is 0 Å². The zero-order chi connectivity index (χ0) is 21.9. The van der Waals surface area contributed by atoms with Crippen LogP contribution in [0.1, 0.15) is 24.5 Å². The third-order valence-corrected chi connectivity index (χ3v) is 5.56. The number of ether oxygens (including phenoxy) is 3. The summed E-state index contributed by atoms with van der Waals surface area (Å²) in [7, 11) is 0. The zero-order valence-corrected chi connectivity index (χ0v) is 19.8. The summed E-state index contributed by atoms with van der Waals surface area (Å²) in [5.74, 6) is 2.05. The van der Waals surface area contributed by atoms with Gasteiger partial charge in [-0.15, -0.1) is 0 Å². The Morgan fingerprint density at radius 2 is 1.77 bits per heavy atom. The summed E-state index contributed by atoms with van der Waals surface area (Å²) >= 11 is 9.89. The van der Waals surface area contributed by atoms with Gasteiger partial charge in [-0.05, 0) is 49.7 Å². The molecule has 3 aromatic rings. The van der Waals surface area contributed by atoms with E-state index in [1.165, 1.54) is 0 Å². The first-order valence-electron chi connectivity index (χ1n) is 10.2. The van der Waals surface area contributed by atoms with Crippen molar-refractivity contribution in [2.24, 2.45) is 0 Å². The summed E-state index contributed by atoms with van der Waals surface area (Å²) in [5, 5.41) is 4.13. The minimum atomic E-state index is 0.375. The highest BCUT2D eigenvalue weighted by atomic mass is 79.9. The molecule has 0 aliphatic rings. The van der Waals surface area contributed by atoms with Gasteiger partial charge in [0.15, 0.2) is 11.5 Å². The third-order valence-electron chi connectivity index (χ3n) is 4.45. The second kappa shape index (κ2) is 12.5. The number of rotatable bonds is 12. The minimum Gasteiger partial charge on any atom is -0.490 e. The lowest BCUT2D eigenvalue weighted by Gasteiger charge is -2.16. The van der Waals surface area contributed by atoms with Crippen LogP contribution in [0.3, 0.4) is 0 Å². The standard InChI is InChI=1S/C24H26BrClN2O3/c1-2-29-22-14-19(16-27-11-7-13-30-24-10-5-6-12-28-24)20(25)15-23(22)31-17-18-8-3-4-9-21(18)26/h3-6,8-10,12,14-15,27H,2,7,11,13,16-17H2,1H3. The number of pyridine rings is 1. The fourth-order valence-electron chi connectivity index (χ4n) is 2.89. The summed E-state index contributed by atoms with van der Waals surface area (Å²) in [6.45, 7) is 5.04. The molecule has 0 aliphatic carbocycles. The molecule has 1 aromatic heterocycles. The molecule has 0 bridgehead atoms. The Morgan fingerprint density at radius 1 is 0.968 bits per heavy atom. The smallest absolute Gasteiger partial charge is 0.213 e. The van der Waals surface area contributed by atoms with Crippen LogP contribution in [0.5, 0.6) is 17.4 Å². The van der Waals surface area contributed by atoms with Gasteiger partial charge in [-0.1, -0.05) is 51.8 Å². The molecule has 0 radical (unpaired) electrons. The van der Waals surface area contributed by atoms with Gasteiger partial charge in [-0.25, -0.2) is 4.98 Å². The molecule has 2 aromatic carbocycles. The Kier molecular flexibility index (Phi) is 9.46. The van der Waals surface area contributed by atoms with Crippen molar-refractivity contribution in [1.29, 1.82) is 0 Å². The van der Waals surface area contributed by atoms with Crippen molar-refractivity contribution >= 4 is 27.5 Å². The topological polar surface area (TPSA) is 52.6 Å². The summed E-state index contributed by atoms with van der Waals surface area (Å²) in [5.41, 5.74) is 2.03. The van der Waals surface area contributed by atoms with E-state index in [0.29, 0.717) is 48.8 Å². The second-order valence-electron chi connectivity index (χ2n) is 6.75. The van der Waals surface area contributed by atoms with Crippen LogP contribution in [0.25, 0.3) is 0 Å². The Bertz CT molecular complexity index is 957. The van der Waals surface area contributed by atoms with Crippen molar-refractivity contribution in [3.05, 3.63) is 81.4 Å². The lowest BCUT2D eigenvalue weighted by Crippen LogP contribution is -2.17. The molecule has 0 saturated heterocycles. The van der Waals surface area contributed by atoms with E-state index in [0.717, 1.165) is 28.6 Å². The first kappa shape index (κ1) is 23.4. The number of hydrogen-bond acceptors (Lipinski definition) is 5. The molecular formula is C24H26BrClN2O3. The average Bonchev–Trinajstić information content (AvgIpc) is 2.78. The van der Waals surface area contributed by atoms with E-state index in [1.807, 2.05) is 61.5 Å². The first-order valence-corrected chi connectivity index (χ1v) is 11.4. The zero-order valence-electron chi connectivity index (χ0n) is 17.4. The summed E-state index contributed by atoms with van der Waals surface area (Å²) in [6, 6.07) is 17.3. The van der Waals surface area contributed by atoms with Crippen LogP contribution in [0, 0.1) is 0 Å². The van der Waals surface area contributed by atoms with Crippen molar-refractivity contribution in [3.63, 3.8) is 0 Å². The van der Waals surface area contributed by atoms with Crippen molar-refractivity contribution in [2.45, 2.75) is 26.5 Å². The second-order valence-corrected chi connectivity index (χ2v) is 8.01. The van der Waals surface area contributed by atoms with Crippen LogP contribution in [0.4, 0.5) is 0 Å². The average molecular weight is 506 g/mol. The van der Waals surface area contributed by atoms with E-state index in [2.05, 4.69) is 26.2 Å². The van der Waals surface area contributed by atoms with E-state index >= 15 is 0 Å². The highest BCUT2D eigenvalue weighted by Gasteiger charge is 2.12. The Hall–Kier alpha value is -2.28. The quantitative estimate of drug-likeness (QED) is 0.304. The fourth-order valence-corrected chi connectivity index (χ4v) is 3.55. The fraction of sp³-hybridized carbons (Fsp3) is 0.292. The predicted molar refractivity (Wildman–Crippen MR) is 127 cm³/mol. The van der Waals surface area contributed by atoms with Crippen molar-refractivity contribution in [1.82, 2.24) is 10.3 Å².